The van der Waals surface area contributed by atoms with Gasteiger partial charge in [0, 0.05) is 6.04 Å². The quantitative estimate of drug-likeness (QED) is 0.780. The Morgan fingerprint density at radius 3 is 3.00 bits per heavy atom. The number of nitrogens with zero attached hydrogens (tertiary/aromatic N) is 4. The van der Waals surface area contributed by atoms with Crippen molar-refractivity contribution in [2.24, 2.45) is 0 Å². The second-order valence-corrected chi connectivity index (χ2v) is 4.27. The van der Waals surface area contributed by atoms with Gasteiger partial charge in [-0.15, -0.1) is 0 Å². The normalized spacial score (nSPS) is 20.1. The van der Waals surface area contributed by atoms with Crippen LogP contribution >= 0.6 is 0 Å². The molecule has 1 fully saturated rings. The van der Waals surface area contributed by atoms with E-state index in [-0.39, 0.29) is 0 Å². The third-order valence-corrected chi connectivity index (χ3v) is 3.12. The second-order valence-electron chi connectivity index (χ2n) is 4.27. The van der Waals surface area contributed by atoms with Crippen LogP contribution in [-0.2, 0) is 0 Å². The molecule has 1 aliphatic heterocycles. The summed E-state index contributed by atoms with van der Waals surface area (Å²) in [6.45, 7) is 1.83. The molecule has 1 aliphatic rings. The molecule has 0 N–H and O–H groups in total. The molecule has 0 saturated carbocycles. The molecule has 1 saturated heterocycles. The number of hydrogen-bond acceptors (Lipinski definition) is 5. The zero-order valence-corrected chi connectivity index (χ0v) is 9.96. The Labute approximate surface area is 101 Å². The van der Waals surface area contributed by atoms with Crippen LogP contribution in [0.2, 0.25) is 0 Å². The third kappa shape index (κ3) is 3.14. The van der Waals surface area contributed by atoms with E-state index in [4.69, 9.17) is 10.00 Å². The molecule has 17 heavy (non-hydrogen) atoms. The number of nitriles is 1. The highest BCUT2D eigenvalue weighted by Crippen LogP contribution is 2.17. The SMILES string of the molecule is CN1CCCC1CCOc1cnc(C#N)cn1. The van der Waals surface area contributed by atoms with Gasteiger partial charge in [0.1, 0.15) is 6.07 Å². The maximum absolute atomic E-state index is 8.58. The topological polar surface area (TPSA) is 62.0 Å². The fourth-order valence-electron chi connectivity index (χ4n) is 2.09. The van der Waals surface area contributed by atoms with Gasteiger partial charge in [0.15, 0.2) is 5.69 Å². The van der Waals surface area contributed by atoms with Crippen LogP contribution < -0.4 is 4.74 Å². The molecule has 0 radical (unpaired) electrons. The molecule has 0 aromatic carbocycles. The zero-order chi connectivity index (χ0) is 12.1. The highest BCUT2D eigenvalue weighted by molar-refractivity contribution is 5.18. The first-order valence-electron chi connectivity index (χ1n) is 5.85. The van der Waals surface area contributed by atoms with E-state index in [2.05, 4.69) is 21.9 Å². The van der Waals surface area contributed by atoms with Gasteiger partial charge in [-0.3, -0.25) is 0 Å². The van der Waals surface area contributed by atoms with Crippen LogP contribution in [0.3, 0.4) is 0 Å². The Morgan fingerprint density at radius 1 is 1.53 bits per heavy atom. The second kappa shape index (κ2) is 5.60. The van der Waals surface area contributed by atoms with Crippen molar-refractivity contribution in [2.75, 3.05) is 20.2 Å². The van der Waals surface area contributed by atoms with Crippen LogP contribution in [-0.4, -0.2) is 41.1 Å². The minimum absolute atomic E-state index is 0.313. The van der Waals surface area contributed by atoms with E-state index in [0.29, 0.717) is 24.2 Å². The van der Waals surface area contributed by atoms with Crippen LogP contribution in [0.4, 0.5) is 0 Å². The molecule has 2 heterocycles. The van der Waals surface area contributed by atoms with Gasteiger partial charge in [0.25, 0.3) is 0 Å². The van der Waals surface area contributed by atoms with E-state index >= 15 is 0 Å². The molecule has 1 unspecified atom stereocenters. The number of likely N-dealkylation sites (tertiary alicyclic amines) is 1. The minimum Gasteiger partial charge on any atom is -0.477 e. The van der Waals surface area contributed by atoms with Crippen molar-refractivity contribution in [1.29, 1.82) is 5.26 Å². The van der Waals surface area contributed by atoms with Crippen molar-refractivity contribution in [3.63, 3.8) is 0 Å². The summed E-state index contributed by atoms with van der Waals surface area (Å²) in [5, 5.41) is 8.58. The van der Waals surface area contributed by atoms with E-state index < -0.39 is 0 Å². The number of ether oxygens (including phenoxy) is 1. The Bertz CT molecular complexity index is 398. The van der Waals surface area contributed by atoms with Crippen LogP contribution in [0.25, 0.3) is 0 Å². The van der Waals surface area contributed by atoms with Gasteiger partial charge in [0.2, 0.25) is 5.88 Å². The van der Waals surface area contributed by atoms with E-state index in [9.17, 15) is 0 Å². The molecule has 90 valence electrons. The standard InChI is InChI=1S/C12H16N4O/c1-16-5-2-3-11(16)4-6-17-12-9-14-10(7-13)8-15-12/h8-9,11H,2-6H2,1H3. The Kier molecular flexibility index (Phi) is 3.89. The van der Waals surface area contributed by atoms with Gasteiger partial charge in [0.05, 0.1) is 19.0 Å². The molecule has 0 bridgehead atoms. The lowest BCUT2D eigenvalue weighted by Crippen LogP contribution is -2.26. The van der Waals surface area contributed by atoms with E-state index in [0.717, 1.165) is 6.42 Å². The molecule has 2 rings (SSSR count). The summed E-state index contributed by atoms with van der Waals surface area (Å²) < 4.78 is 5.51. The summed E-state index contributed by atoms with van der Waals surface area (Å²) in [7, 11) is 2.15. The lowest BCUT2D eigenvalue weighted by Gasteiger charge is -2.18. The van der Waals surface area contributed by atoms with Crippen LogP contribution in [0.15, 0.2) is 12.4 Å². The Hall–Kier alpha value is -1.67. The van der Waals surface area contributed by atoms with Gasteiger partial charge in [-0.1, -0.05) is 0 Å². The zero-order valence-electron chi connectivity index (χ0n) is 9.96. The van der Waals surface area contributed by atoms with E-state index in [1.54, 1.807) is 0 Å². The van der Waals surface area contributed by atoms with E-state index in [1.165, 1.54) is 31.8 Å². The summed E-state index contributed by atoms with van der Waals surface area (Å²) in [4.78, 5) is 10.3. The number of hydrogen-bond donors (Lipinski definition) is 0. The highest BCUT2D eigenvalue weighted by Gasteiger charge is 2.20. The third-order valence-electron chi connectivity index (χ3n) is 3.12. The minimum atomic E-state index is 0.313. The Morgan fingerprint density at radius 2 is 2.41 bits per heavy atom. The molecule has 0 spiro atoms. The van der Waals surface area contributed by atoms with E-state index in [1.807, 2.05) is 6.07 Å². The molecule has 0 aliphatic carbocycles. The lowest BCUT2D eigenvalue weighted by atomic mass is 10.1. The van der Waals surface area contributed by atoms with Crippen molar-refractivity contribution in [2.45, 2.75) is 25.3 Å². The van der Waals surface area contributed by atoms with Crippen molar-refractivity contribution in [3.8, 4) is 11.9 Å². The van der Waals surface area contributed by atoms with Crippen molar-refractivity contribution < 1.29 is 4.74 Å². The molecule has 0 amide bonds. The monoisotopic (exact) mass is 232 g/mol. The first-order valence-corrected chi connectivity index (χ1v) is 5.85. The molecule has 5 nitrogen and oxygen atoms in total. The highest BCUT2D eigenvalue weighted by atomic mass is 16.5. The molecular weight excluding hydrogens is 216 g/mol. The van der Waals surface area contributed by atoms with Crippen LogP contribution in [0.1, 0.15) is 25.0 Å². The molecular formula is C12H16N4O. The average molecular weight is 232 g/mol. The number of aromatic nitrogens is 2. The largest absolute Gasteiger partial charge is 0.477 e. The van der Waals surface area contributed by atoms with Gasteiger partial charge in [-0.05, 0) is 32.9 Å². The summed E-state index contributed by atoms with van der Waals surface area (Å²) in [5.74, 6) is 0.490. The molecule has 1 aromatic heterocycles. The van der Waals surface area contributed by atoms with Gasteiger partial charge in [-0.2, -0.15) is 5.26 Å². The average Bonchev–Trinajstić information content (AvgIpc) is 2.76. The number of rotatable bonds is 4. The Balaban J connectivity index is 1.76. The fourth-order valence-corrected chi connectivity index (χ4v) is 2.09. The van der Waals surface area contributed by atoms with Crippen LogP contribution in [0, 0.1) is 11.3 Å². The smallest absolute Gasteiger partial charge is 0.232 e. The van der Waals surface area contributed by atoms with Gasteiger partial charge >= 0.3 is 0 Å². The first kappa shape index (κ1) is 11.8. The molecule has 1 aromatic rings. The maximum atomic E-state index is 8.58. The summed E-state index contributed by atoms with van der Waals surface area (Å²) in [6.07, 6.45) is 6.46. The predicted octanol–water partition coefficient (Wildman–Crippen LogP) is 1.21. The summed E-state index contributed by atoms with van der Waals surface area (Å²) in [6, 6.07) is 2.55. The summed E-state index contributed by atoms with van der Waals surface area (Å²) in [5.41, 5.74) is 0.313. The van der Waals surface area contributed by atoms with Crippen molar-refractivity contribution in [1.82, 2.24) is 14.9 Å². The fraction of sp³-hybridized carbons (Fsp3) is 0.583. The van der Waals surface area contributed by atoms with Crippen molar-refractivity contribution >= 4 is 0 Å². The van der Waals surface area contributed by atoms with Crippen LogP contribution in [0.5, 0.6) is 5.88 Å². The van der Waals surface area contributed by atoms with Gasteiger partial charge < -0.3 is 9.64 Å². The summed E-state index contributed by atoms with van der Waals surface area (Å²) >= 11 is 0. The predicted molar refractivity (Wildman–Crippen MR) is 62.5 cm³/mol. The van der Waals surface area contributed by atoms with Crippen molar-refractivity contribution in [3.05, 3.63) is 18.1 Å². The first-order chi connectivity index (χ1) is 8.29. The lowest BCUT2D eigenvalue weighted by molar-refractivity contribution is 0.228. The molecule has 5 heteroatoms. The maximum Gasteiger partial charge on any atom is 0.232 e. The molecule has 1 atom stereocenters. The van der Waals surface area contributed by atoms with Gasteiger partial charge in [-0.25, -0.2) is 9.97 Å².